The molecule has 0 fully saturated rings. The van der Waals surface area contributed by atoms with E-state index in [1.807, 2.05) is 24.3 Å². The maximum atomic E-state index is 12.2. The van der Waals surface area contributed by atoms with Crippen molar-refractivity contribution >= 4 is 43.2 Å². The van der Waals surface area contributed by atoms with Crippen LogP contribution in [0, 0.1) is 0 Å². The zero-order valence-corrected chi connectivity index (χ0v) is 13.0. The maximum Gasteiger partial charge on any atom is 0.241 e. The molecule has 0 aliphatic rings. The van der Waals surface area contributed by atoms with Crippen molar-refractivity contribution in [3.8, 4) is 0 Å². The number of aromatic nitrogens is 2. The normalized spacial score (nSPS) is 11.9. The Morgan fingerprint density at radius 2 is 2.05 bits per heavy atom. The van der Waals surface area contributed by atoms with Gasteiger partial charge in [0.05, 0.1) is 21.7 Å². The summed E-state index contributed by atoms with van der Waals surface area (Å²) in [6.45, 7) is 0.140. The van der Waals surface area contributed by atoms with Crippen LogP contribution in [0.2, 0.25) is 5.15 Å². The fraction of sp³-hybridized carbons (Fsp3) is 0.0769. The van der Waals surface area contributed by atoms with Crippen molar-refractivity contribution in [1.82, 2.24) is 14.7 Å². The van der Waals surface area contributed by atoms with E-state index in [0.717, 1.165) is 10.2 Å². The standard InChI is InChI=1S/C13H10ClN3O2S2/c14-12-7-9(5-6-15-12)21(18,19)16-8-13-17-10-3-1-2-4-11(10)20-13/h1-7,16H,8H2. The van der Waals surface area contributed by atoms with Crippen LogP contribution >= 0.6 is 22.9 Å². The molecule has 0 radical (unpaired) electrons. The number of hydrogen-bond donors (Lipinski definition) is 1. The van der Waals surface area contributed by atoms with Gasteiger partial charge in [-0.05, 0) is 24.3 Å². The minimum atomic E-state index is -3.63. The van der Waals surface area contributed by atoms with Crippen LogP contribution in [0.5, 0.6) is 0 Å². The van der Waals surface area contributed by atoms with Crippen LogP contribution in [-0.2, 0) is 16.6 Å². The molecule has 21 heavy (non-hydrogen) atoms. The van der Waals surface area contributed by atoms with Gasteiger partial charge in [0.2, 0.25) is 10.0 Å². The van der Waals surface area contributed by atoms with Crippen molar-refractivity contribution in [3.05, 3.63) is 52.8 Å². The molecule has 2 heterocycles. The van der Waals surface area contributed by atoms with E-state index < -0.39 is 10.0 Å². The first-order valence-electron chi connectivity index (χ1n) is 6.00. The van der Waals surface area contributed by atoms with Crippen molar-refractivity contribution in [2.24, 2.45) is 0 Å². The predicted molar refractivity (Wildman–Crippen MR) is 82.9 cm³/mol. The molecule has 0 amide bonds. The number of nitrogens with zero attached hydrogens (tertiary/aromatic N) is 2. The summed E-state index contributed by atoms with van der Waals surface area (Å²) in [6.07, 6.45) is 1.36. The van der Waals surface area contributed by atoms with Gasteiger partial charge in [-0.3, -0.25) is 0 Å². The Balaban J connectivity index is 1.80. The fourth-order valence-electron chi connectivity index (χ4n) is 1.79. The lowest BCUT2D eigenvalue weighted by Gasteiger charge is -2.04. The average molecular weight is 340 g/mol. The highest BCUT2D eigenvalue weighted by molar-refractivity contribution is 7.89. The van der Waals surface area contributed by atoms with Crippen molar-refractivity contribution < 1.29 is 8.42 Å². The number of para-hydroxylation sites is 1. The van der Waals surface area contributed by atoms with Gasteiger partial charge in [-0.2, -0.15) is 0 Å². The summed E-state index contributed by atoms with van der Waals surface area (Å²) < 4.78 is 27.8. The minimum Gasteiger partial charge on any atom is -0.244 e. The molecule has 0 bridgehead atoms. The summed E-state index contributed by atoms with van der Waals surface area (Å²) in [4.78, 5) is 8.23. The van der Waals surface area contributed by atoms with Gasteiger partial charge in [0.25, 0.3) is 0 Å². The highest BCUT2D eigenvalue weighted by atomic mass is 35.5. The van der Waals surface area contributed by atoms with E-state index in [9.17, 15) is 8.42 Å². The van der Waals surface area contributed by atoms with Crippen molar-refractivity contribution in [3.63, 3.8) is 0 Å². The van der Waals surface area contributed by atoms with Gasteiger partial charge >= 0.3 is 0 Å². The predicted octanol–water partition coefficient (Wildman–Crippen LogP) is 2.82. The zero-order chi connectivity index (χ0) is 14.9. The largest absolute Gasteiger partial charge is 0.244 e. The monoisotopic (exact) mass is 339 g/mol. The van der Waals surface area contributed by atoms with Gasteiger partial charge in [-0.1, -0.05) is 23.7 Å². The van der Waals surface area contributed by atoms with E-state index in [1.165, 1.54) is 29.7 Å². The number of rotatable bonds is 4. The summed E-state index contributed by atoms with van der Waals surface area (Å²) in [6, 6.07) is 10.4. The molecule has 5 nitrogen and oxygen atoms in total. The van der Waals surface area contributed by atoms with Crippen LogP contribution in [0.15, 0.2) is 47.5 Å². The number of benzene rings is 1. The second-order valence-corrected chi connectivity index (χ2v) is 7.48. The molecule has 3 aromatic rings. The number of thiazole rings is 1. The third-order valence-electron chi connectivity index (χ3n) is 2.76. The van der Waals surface area contributed by atoms with E-state index >= 15 is 0 Å². The first kappa shape index (κ1) is 14.4. The van der Waals surface area contributed by atoms with E-state index in [0.29, 0.717) is 5.01 Å². The molecule has 0 aliphatic heterocycles. The van der Waals surface area contributed by atoms with E-state index in [-0.39, 0.29) is 16.6 Å². The second kappa shape index (κ2) is 5.69. The summed E-state index contributed by atoms with van der Waals surface area (Å²) in [5.41, 5.74) is 0.864. The average Bonchev–Trinajstić information content (AvgIpc) is 2.88. The lowest BCUT2D eigenvalue weighted by atomic mass is 10.3. The molecule has 8 heteroatoms. The fourth-order valence-corrected chi connectivity index (χ4v) is 4.02. The first-order valence-corrected chi connectivity index (χ1v) is 8.68. The van der Waals surface area contributed by atoms with Crippen LogP contribution in [-0.4, -0.2) is 18.4 Å². The lowest BCUT2D eigenvalue weighted by Crippen LogP contribution is -2.23. The Morgan fingerprint density at radius 3 is 2.81 bits per heavy atom. The molecular formula is C13H10ClN3O2S2. The van der Waals surface area contributed by atoms with E-state index in [2.05, 4.69) is 14.7 Å². The van der Waals surface area contributed by atoms with Gasteiger partial charge < -0.3 is 0 Å². The molecule has 0 saturated carbocycles. The summed E-state index contributed by atoms with van der Waals surface area (Å²) in [5.74, 6) is 0. The third kappa shape index (κ3) is 3.21. The molecule has 0 saturated heterocycles. The number of pyridine rings is 1. The van der Waals surface area contributed by atoms with Gasteiger partial charge in [0.15, 0.2) is 0 Å². The maximum absolute atomic E-state index is 12.2. The third-order valence-corrected chi connectivity index (χ3v) is 5.40. The van der Waals surface area contributed by atoms with Gasteiger partial charge in [0.1, 0.15) is 10.2 Å². The molecule has 0 unspecified atom stereocenters. The SMILES string of the molecule is O=S(=O)(NCc1nc2ccccc2s1)c1ccnc(Cl)c1. The first-order chi connectivity index (χ1) is 10.0. The van der Waals surface area contributed by atoms with Crippen molar-refractivity contribution in [2.45, 2.75) is 11.4 Å². The summed E-state index contributed by atoms with van der Waals surface area (Å²) in [7, 11) is -3.63. The van der Waals surface area contributed by atoms with Crippen LogP contribution in [0.4, 0.5) is 0 Å². The summed E-state index contributed by atoms with van der Waals surface area (Å²) in [5, 5.41) is 0.845. The number of halogens is 1. The van der Waals surface area contributed by atoms with Gasteiger partial charge in [0, 0.05) is 6.20 Å². The van der Waals surface area contributed by atoms with Crippen molar-refractivity contribution in [2.75, 3.05) is 0 Å². The molecular weight excluding hydrogens is 330 g/mol. The zero-order valence-electron chi connectivity index (χ0n) is 10.7. The Hall–Kier alpha value is -1.54. The molecule has 0 atom stereocenters. The Labute approximate surface area is 130 Å². The smallest absolute Gasteiger partial charge is 0.241 e. The number of fused-ring (bicyclic) bond motifs is 1. The number of hydrogen-bond acceptors (Lipinski definition) is 5. The molecule has 1 N–H and O–H groups in total. The second-order valence-electron chi connectivity index (χ2n) is 4.21. The van der Waals surface area contributed by atoms with Gasteiger partial charge in [-0.15, -0.1) is 11.3 Å². The van der Waals surface area contributed by atoms with E-state index in [4.69, 9.17) is 11.6 Å². The van der Waals surface area contributed by atoms with Crippen LogP contribution in [0.3, 0.4) is 0 Å². The van der Waals surface area contributed by atoms with Crippen molar-refractivity contribution in [1.29, 1.82) is 0 Å². The van der Waals surface area contributed by atoms with Gasteiger partial charge in [-0.25, -0.2) is 23.1 Å². The molecule has 0 aliphatic carbocycles. The Morgan fingerprint density at radius 1 is 1.24 bits per heavy atom. The quantitative estimate of drug-likeness (QED) is 0.742. The highest BCUT2D eigenvalue weighted by Gasteiger charge is 2.15. The number of nitrogens with one attached hydrogen (secondary N) is 1. The lowest BCUT2D eigenvalue weighted by molar-refractivity contribution is 0.581. The van der Waals surface area contributed by atoms with Crippen LogP contribution < -0.4 is 4.72 Å². The minimum absolute atomic E-state index is 0.0867. The van der Waals surface area contributed by atoms with Crippen LogP contribution in [0.25, 0.3) is 10.2 Å². The topological polar surface area (TPSA) is 72.0 Å². The molecule has 3 rings (SSSR count). The molecule has 0 spiro atoms. The molecule has 1 aromatic carbocycles. The highest BCUT2D eigenvalue weighted by Crippen LogP contribution is 2.22. The van der Waals surface area contributed by atoms with Crippen LogP contribution in [0.1, 0.15) is 5.01 Å². The molecule has 2 aromatic heterocycles. The number of sulfonamides is 1. The summed E-state index contributed by atoms with van der Waals surface area (Å²) >= 11 is 7.17. The Kier molecular flexibility index (Phi) is 3.90. The molecule has 108 valence electrons. The van der Waals surface area contributed by atoms with E-state index in [1.54, 1.807) is 0 Å². The Bertz CT molecular complexity index is 860.